The molecule has 5 nitrogen and oxygen atoms in total. The Bertz CT molecular complexity index is 370. The Balaban J connectivity index is 3.05. The zero-order valence-electron chi connectivity index (χ0n) is 13.1. The smallest absolute Gasteiger partial charge is 0.0833 e. The van der Waals surface area contributed by atoms with E-state index in [2.05, 4.69) is 43.3 Å². The lowest BCUT2D eigenvalue weighted by molar-refractivity contribution is -0.0368. The molecule has 0 amide bonds. The summed E-state index contributed by atoms with van der Waals surface area (Å²) in [6.45, 7) is 12.4. The largest absolute Gasteiger partial charge is 0.376 e. The first-order valence-electron chi connectivity index (χ1n) is 7.12. The average Bonchev–Trinajstić information content (AvgIpc) is 2.77. The van der Waals surface area contributed by atoms with Crippen molar-refractivity contribution < 1.29 is 4.74 Å². The van der Waals surface area contributed by atoms with Crippen molar-refractivity contribution in [2.45, 2.75) is 59.7 Å². The van der Waals surface area contributed by atoms with Gasteiger partial charge in [-0.25, -0.2) is 4.68 Å². The van der Waals surface area contributed by atoms with Gasteiger partial charge in [-0.2, -0.15) is 0 Å². The molecule has 0 fully saturated rings. The van der Waals surface area contributed by atoms with Crippen molar-refractivity contribution in [3.05, 3.63) is 11.9 Å². The van der Waals surface area contributed by atoms with Gasteiger partial charge in [0.15, 0.2) is 0 Å². The molecule has 0 aromatic carbocycles. The van der Waals surface area contributed by atoms with Crippen LogP contribution in [0.15, 0.2) is 6.20 Å². The van der Waals surface area contributed by atoms with Crippen molar-refractivity contribution >= 4 is 0 Å². The molecule has 0 bridgehead atoms. The summed E-state index contributed by atoms with van der Waals surface area (Å²) < 4.78 is 7.96. The summed E-state index contributed by atoms with van der Waals surface area (Å²) in [5.41, 5.74) is 1.14. The number of hydrogen-bond donors (Lipinski definition) is 1. The van der Waals surface area contributed by atoms with Crippen LogP contribution in [0, 0.1) is 5.41 Å². The fourth-order valence-corrected chi connectivity index (χ4v) is 2.37. The van der Waals surface area contributed by atoms with Crippen molar-refractivity contribution in [2.75, 3.05) is 13.7 Å². The fraction of sp³-hybridized carbons (Fsp3) is 0.857. The summed E-state index contributed by atoms with van der Waals surface area (Å²) in [5.74, 6) is 0. The van der Waals surface area contributed by atoms with Crippen LogP contribution in [0.3, 0.4) is 0 Å². The molecule has 110 valence electrons. The number of aromatic nitrogens is 3. The lowest BCUT2D eigenvalue weighted by Gasteiger charge is -2.36. The molecule has 0 aliphatic carbocycles. The average molecular weight is 268 g/mol. The number of aryl methyl sites for hydroxylation is 1. The molecule has 1 aromatic rings. The maximum Gasteiger partial charge on any atom is 0.0833 e. The van der Waals surface area contributed by atoms with Crippen molar-refractivity contribution in [3.8, 4) is 0 Å². The molecule has 1 N–H and O–H groups in total. The minimum Gasteiger partial charge on any atom is -0.376 e. The third-order valence-electron chi connectivity index (χ3n) is 3.22. The van der Waals surface area contributed by atoms with Crippen molar-refractivity contribution in [3.63, 3.8) is 0 Å². The van der Waals surface area contributed by atoms with E-state index in [4.69, 9.17) is 4.74 Å². The number of hydrogen-bond acceptors (Lipinski definition) is 4. The zero-order valence-corrected chi connectivity index (χ0v) is 13.1. The number of rotatable bonds is 7. The van der Waals surface area contributed by atoms with Gasteiger partial charge < -0.3 is 10.1 Å². The van der Waals surface area contributed by atoms with Gasteiger partial charge in [-0.05, 0) is 25.8 Å². The van der Waals surface area contributed by atoms with Gasteiger partial charge in [0.1, 0.15) is 0 Å². The number of nitrogens with one attached hydrogen (secondary N) is 1. The summed E-state index contributed by atoms with van der Waals surface area (Å²) >= 11 is 0. The van der Waals surface area contributed by atoms with Gasteiger partial charge in [0.05, 0.1) is 24.0 Å². The highest BCUT2D eigenvalue weighted by molar-refractivity contribution is 5.07. The molecule has 0 radical (unpaired) electrons. The number of likely N-dealkylation sites (N-methyl/N-ethyl adjacent to an activating group) is 1. The topological polar surface area (TPSA) is 52.0 Å². The molecule has 0 saturated carbocycles. The van der Waals surface area contributed by atoms with Crippen LogP contribution < -0.4 is 5.32 Å². The van der Waals surface area contributed by atoms with Crippen molar-refractivity contribution in [1.82, 2.24) is 20.3 Å². The van der Waals surface area contributed by atoms with Gasteiger partial charge in [0.25, 0.3) is 0 Å². The van der Waals surface area contributed by atoms with Gasteiger partial charge in [-0.15, -0.1) is 5.10 Å². The monoisotopic (exact) mass is 268 g/mol. The van der Waals surface area contributed by atoms with E-state index in [1.54, 1.807) is 0 Å². The minimum absolute atomic E-state index is 0.0466. The summed E-state index contributed by atoms with van der Waals surface area (Å²) in [7, 11) is 1.96. The Hall–Kier alpha value is -0.940. The Morgan fingerprint density at radius 3 is 2.53 bits per heavy atom. The van der Waals surface area contributed by atoms with Crippen LogP contribution in [-0.2, 0) is 11.3 Å². The lowest BCUT2D eigenvalue weighted by atomic mass is 9.83. The SMILES string of the molecule is CCCn1nncc1C(NC)C(OCC)C(C)(C)C. The van der Waals surface area contributed by atoms with Gasteiger partial charge in [-0.3, -0.25) is 0 Å². The van der Waals surface area contributed by atoms with E-state index < -0.39 is 0 Å². The van der Waals surface area contributed by atoms with Gasteiger partial charge in [-0.1, -0.05) is 32.9 Å². The van der Waals surface area contributed by atoms with Crippen LogP contribution >= 0.6 is 0 Å². The van der Waals surface area contributed by atoms with Gasteiger partial charge >= 0.3 is 0 Å². The van der Waals surface area contributed by atoms with Gasteiger partial charge in [0.2, 0.25) is 0 Å². The van der Waals surface area contributed by atoms with Crippen LogP contribution in [0.2, 0.25) is 0 Å². The van der Waals surface area contributed by atoms with E-state index in [9.17, 15) is 0 Å². The molecule has 19 heavy (non-hydrogen) atoms. The Kier molecular flexibility index (Phi) is 5.94. The third kappa shape index (κ3) is 4.01. The molecule has 1 heterocycles. The van der Waals surface area contributed by atoms with Crippen LogP contribution in [0.5, 0.6) is 0 Å². The highest BCUT2D eigenvalue weighted by atomic mass is 16.5. The predicted octanol–water partition coefficient (Wildman–Crippen LogP) is 2.40. The number of ether oxygens (including phenoxy) is 1. The number of nitrogens with zero attached hydrogens (tertiary/aromatic N) is 3. The highest BCUT2D eigenvalue weighted by Crippen LogP contribution is 2.32. The summed E-state index contributed by atoms with van der Waals surface area (Å²) in [5, 5.41) is 11.6. The highest BCUT2D eigenvalue weighted by Gasteiger charge is 2.35. The first kappa shape index (κ1) is 16.1. The molecule has 0 spiro atoms. The second-order valence-corrected chi connectivity index (χ2v) is 5.89. The maximum absolute atomic E-state index is 5.98. The molecule has 5 heteroatoms. The molecular formula is C14H28N4O. The predicted molar refractivity (Wildman–Crippen MR) is 77.0 cm³/mol. The van der Waals surface area contributed by atoms with E-state index in [-0.39, 0.29) is 17.6 Å². The summed E-state index contributed by atoms with van der Waals surface area (Å²) in [6.07, 6.45) is 2.97. The zero-order chi connectivity index (χ0) is 14.5. The molecule has 1 aromatic heterocycles. The van der Waals surface area contributed by atoms with Crippen LogP contribution in [0.25, 0.3) is 0 Å². The molecule has 1 rings (SSSR count). The third-order valence-corrected chi connectivity index (χ3v) is 3.22. The first-order valence-corrected chi connectivity index (χ1v) is 7.12. The normalized spacial score (nSPS) is 15.5. The Morgan fingerprint density at radius 1 is 1.37 bits per heavy atom. The maximum atomic E-state index is 5.98. The van der Waals surface area contributed by atoms with Crippen molar-refractivity contribution in [1.29, 1.82) is 0 Å². The molecule has 2 atom stereocenters. The lowest BCUT2D eigenvalue weighted by Crippen LogP contribution is -2.42. The van der Waals surface area contributed by atoms with Crippen LogP contribution in [0.4, 0.5) is 0 Å². The molecule has 0 aliphatic heterocycles. The van der Waals surface area contributed by atoms with Crippen LogP contribution in [0.1, 0.15) is 52.8 Å². The second kappa shape index (κ2) is 7.01. The fourth-order valence-electron chi connectivity index (χ4n) is 2.37. The van der Waals surface area contributed by atoms with Crippen LogP contribution in [-0.4, -0.2) is 34.8 Å². The Morgan fingerprint density at radius 2 is 2.05 bits per heavy atom. The van der Waals surface area contributed by atoms with E-state index in [0.29, 0.717) is 6.61 Å². The molecule has 0 aliphatic rings. The van der Waals surface area contributed by atoms with E-state index in [0.717, 1.165) is 18.7 Å². The minimum atomic E-state index is 0.0466. The summed E-state index contributed by atoms with van der Waals surface area (Å²) in [6, 6.07) is 0.0986. The second-order valence-electron chi connectivity index (χ2n) is 5.89. The van der Waals surface area contributed by atoms with Gasteiger partial charge in [0, 0.05) is 13.2 Å². The first-order chi connectivity index (χ1) is 8.95. The quantitative estimate of drug-likeness (QED) is 0.825. The molecule has 0 saturated heterocycles. The Labute approximate surface area is 116 Å². The van der Waals surface area contributed by atoms with E-state index in [1.165, 1.54) is 0 Å². The summed E-state index contributed by atoms with van der Waals surface area (Å²) in [4.78, 5) is 0. The van der Waals surface area contributed by atoms with E-state index in [1.807, 2.05) is 24.9 Å². The van der Waals surface area contributed by atoms with Crippen molar-refractivity contribution in [2.24, 2.45) is 5.41 Å². The molecular weight excluding hydrogens is 240 g/mol. The standard InChI is InChI=1S/C14H28N4O/c1-7-9-18-11(10-16-17-18)12(15-6)13(19-8-2)14(3,4)5/h10,12-13,15H,7-9H2,1-6H3. The van der Waals surface area contributed by atoms with E-state index >= 15 is 0 Å². The molecule has 2 unspecified atom stereocenters.